The van der Waals surface area contributed by atoms with Gasteiger partial charge in [-0.1, -0.05) is 0 Å². The summed E-state index contributed by atoms with van der Waals surface area (Å²) in [4.78, 5) is 14.7. The van der Waals surface area contributed by atoms with Crippen LogP contribution >= 0.6 is 0 Å². The SMILES string of the molecule is COc1ccc(OC)c2c1[nH]c1c(C)cc(C=O)c(C)c12. The van der Waals surface area contributed by atoms with Crippen molar-refractivity contribution in [3.8, 4) is 11.5 Å². The van der Waals surface area contributed by atoms with Gasteiger partial charge in [0.2, 0.25) is 0 Å². The van der Waals surface area contributed by atoms with Crippen LogP contribution in [0.3, 0.4) is 0 Å². The highest BCUT2D eigenvalue weighted by molar-refractivity contribution is 6.15. The molecule has 0 aliphatic carbocycles. The third-order valence-corrected chi connectivity index (χ3v) is 4.02. The molecule has 0 aliphatic heterocycles. The van der Waals surface area contributed by atoms with E-state index in [0.717, 1.165) is 50.7 Å². The number of rotatable bonds is 3. The predicted molar refractivity (Wildman–Crippen MR) is 83.8 cm³/mol. The lowest BCUT2D eigenvalue weighted by Crippen LogP contribution is -1.91. The van der Waals surface area contributed by atoms with Crippen molar-refractivity contribution in [3.05, 3.63) is 34.9 Å². The third-order valence-electron chi connectivity index (χ3n) is 4.02. The van der Waals surface area contributed by atoms with Gasteiger partial charge in [-0.25, -0.2) is 0 Å². The molecule has 0 saturated heterocycles. The lowest BCUT2D eigenvalue weighted by atomic mass is 9.99. The number of ether oxygens (including phenoxy) is 2. The number of methoxy groups -OCH3 is 2. The zero-order chi connectivity index (χ0) is 15.1. The number of nitrogens with one attached hydrogen (secondary N) is 1. The van der Waals surface area contributed by atoms with Gasteiger partial charge < -0.3 is 14.5 Å². The molecule has 0 bridgehead atoms. The predicted octanol–water partition coefficient (Wildman–Crippen LogP) is 3.77. The number of carbonyl (C=O) groups excluding carboxylic acids is 1. The second-order valence-electron chi connectivity index (χ2n) is 5.12. The van der Waals surface area contributed by atoms with E-state index in [2.05, 4.69) is 4.98 Å². The Balaban J connectivity index is 2.62. The highest BCUT2D eigenvalue weighted by atomic mass is 16.5. The Kier molecular flexibility index (Phi) is 3.09. The van der Waals surface area contributed by atoms with Crippen molar-refractivity contribution in [2.45, 2.75) is 13.8 Å². The monoisotopic (exact) mass is 283 g/mol. The number of carbonyl (C=O) groups is 1. The summed E-state index contributed by atoms with van der Waals surface area (Å²) >= 11 is 0. The van der Waals surface area contributed by atoms with Crippen LogP contribution in [0.15, 0.2) is 18.2 Å². The number of aromatic nitrogens is 1. The summed E-state index contributed by atoms with van der Waals surface area (Å²) in [6.45, 7) is 3.95. The van der Waals surface area contributed by atoms with Crippen LogP contribution < -0.4 is 9.47 Å². The molecule has 1 aromatic heterocycles. The molecule has 0 amide bonds. The molecular weight excluding hydrogens is 266 g/mol. The van der Waals surface area contributed by atoms with Crippen molar-refractivity contribution in [1.82, 2.24) is 4.98 Å². The highest BCUT2D eigenvalue weighted by Gasteiger charge is 2.18. The Labute approximate surface area is 122 Å². The van der Waals surface area contributed by atoms with Crippen molar-refractivity contribution < 1.29 is 14.3 Å². The molecule has 0 aliphatic rings. The van der Waals surface area contributed by atoms with Crippen LogP contribution in [0.2, 0.25) is 0 Å². The first-order valence-electron chi connectivity index (χ1n) is 6.74. The normalized spacial score (nSPS) is 11.0. The van der Waals surface area contributed by atoms with Gasteiger partial charge in [-0.15, -0.1) is 0 Å². The van der Waals surface area contributed by atoms with Crippen LogP contribution in [0, 0.1) is 13.8 Å². The Morgan fingerprint density at radius 3 is 2.29 bits per heavy atom. The second kappa shape index (κ2) is 4.81. The van der Waals surface area contributed by atoms with E-state index in [1.54, 1.807) is 14.2 Å². The van der Waals surface area contributed by atoms with Crippen molar-refractivity contribution in [3.63, 3.8) is 0 Å². The minimum atomic E-state index is 0.700. The van der Waals surface area contributed by atoms with Crippen molar-refractivity contribution in [1.29, 1.82) is 0 Å². The molecule has 4 heteroatoms. The van der Waals surface area contributed by atoms with E-state index in [1.165, 1.54) is 0 Å². The number of hydrogen-bond acceptors (Lipinski definition) is 3. The van der Waals surface area contributed by atoms with Crippen LogP contribution in [-0.4, -0.2) is 25.5 Å². The lowest BCUT2D eigenvalue weighted by molar-refractivity contribution is 0.112. The molecule has 0 unspecified atom stereocenters. The molecule has 21 heavy (non-hydrogen) atoms. The van der Waals surface area contributed by atoms with Gasteiger partial charge in [0, 0.05) is 16.5 Å². The number of aldehydes is 1. The molecule has 2 aromatic carbocycles. The topological polar surface area (TPSA) is 51.3 Å². The Morgan fingerprint density at radius 2 is 1.67 bits per heavy atom. The molecule has 108 valence electrons. The van der Waals surface area contributed by atoms with Gasteiger partial charge in [0.25, 0.3) is 0 Å². The van der Waals surface area contributed by atoms with Crippen molar-refractivity contribution >= 4 is 28.1 Å². The quantitative estimate of drug-likeness (QED) is 0.744. The van der Waals surface area contributed by atoms with Crippen molar-refractivity contribution in [2.75, 3.05) is 14.2 Å². The molecule has 3 aromatic rings. The summed E-state index contributed by atoms with van der Waals surface area (Å²) in [7, 11) is 3.29. The number of H-pyrrole nitrogens is 1. The van der Waals surface area contributed by atoms with Crippen molar-refractivity contribution in [2.24, 2.45) is 0 Å². The van der Waals surface area contributed by atoms with Crippen LogP contribution in [0.1, 0.15) is 21.5 Å². The first kappa shape index (κ1) is 13.5. The van der Waals surface area contributed by atoms with E-state index in [1.807, 2.05) is 32.0 Å². The maximum Gasteiger partial charge on any atom is 0.150 e. The lowest BCUT2D eigenvalue weighted by Gasteiger charge is -2.08. The molecule has 3 rings (SSSR count). The first-order valence-corrected chi connectivity index (χ1v) is 6.74. The molecule has 0 spiro atoms. The third kappa shape index (κ3) is 1.79. The molecule has 0 atom stereocenters. The number of aryl methyl sites for hydroxylation is 2. The Bertz CT molecular complexity index is 862. The van der Waals surface area contributed by atoms with Gasteiger partial charge in [-0.2, -0.15) is 0 Å². The summed E-state index contributed by atoms with van der Waals surface area (Å²) in [6, 6.07) is 5.66. The summed E-state index contributed by atoms with van der Waals surface area (Å²) in [5.74, 6) is 1.52. The molecular formula is C17H17NO3. The second-order valence-corrected chi connectivity index (χ2v) is 5.12. The fraction of sp³-hybridized carbons (Fsp3) is 0.235. The molecule has 1 heterocycles. The number of benzene rings is 2. The zero-order valence-corrected chi connectivity index (χ0v) is 12.5. The van der Waals surface area contributed by atoms with Gasteiger partial charge in [0.05, 0.1) is 25.1 Å². The largest absolute Gasteiger partial charge is 0.496 e. The van der Waals surface area contributed by atoms with Crippen LogP contribution in [0.4, 0.5) is 0 Å². The number of hydrogen-bond donors (Lipinski definition) is 1. The molecule has 4 nitrogen and oxygen atoms in total. The van der Waals surface area contributed by atoms with Gasteiger partial charge in [-0.3, -0.25) is 4.79 Å². The van der Waals surface area contributed by atoms with E-state index in [0.29, 0.717) is 5.56 Å². The minimum Gasteiger partial charge on any atom is -0.496 e. The van der Waals surface area contributed by atoms with E-state index < -0.39 is 0 Å². The summed E-state index contributed by atoms with van der Waals surface area (Å²) in [5.41, 5.74) is 4.57. The van der Waals surface area contributed by atoms with Gasteiger partial charge in [0.1, 0.15) is 17.8 Å². The van der Waals surface area contributed by atoms with E-state index >= 15 is 0 Å². The van der Waals surface area contributed by atoms with Crippen LogP contribution in [0.5, 0.6) is 11.5 Å². The van der Waals surface area contributed by atoms with E-state index in [4.69, 9.17) is 9.47 Å². The van der Waals surface area contributed by atoms with E-state index in [-0.39, 0.29) is 0 Å². The zero-order valence-electron chi connectivity index (χ0n) is 12.5. The Morgan fingerprint density at radius 1 is 1.00 bits per heavy atom. The Hall–Kier alpha value is -2.49. The number of fused-ring (bicyclic) bond motifs is 3. The molecule has 0 saturated carbocycles. The fourth-order valence-corrected chi connectivity index (χ4v) is 2.94. The summed E-state index contributed by atoms with van der Waals surface area (Å²) in [5, 5.41) is 1.97. The smallest absolute Gasteiger partial charge is 0.150 e. The average Bonchev–Trinajstić information content (AvgIpc) is 2.91. The highest BCUT2D eigenvalue weighted by Crippen LogP contribution is 2.41. The first-order chi connectivity index (χ1) is 10.1. The molecule has 1 N–H and O–H groups in total. The maximum atomic E-state index is 11.3. The standard InChI is InChI=1S/C17H17NO3/c1-9-7-11(8-19)10(2)14-15-12(20-3)5-6-13(21-4)17(15)18-16(9)14/h5-8,18H,1-4H3. The average molecular weight is 283 g/mol. The molecule has 0 radical (unpaired) electrons. The molecule has 0 fully saturated rings. The van der Waals surface area contributed by atoms with E-state index in [9.17, 15) is 4.79 Å². The van der Waals surface area contributed by atoms with Gasteiger partial charge in [0.15, 0.2) is 0 Å². The summed E-state index contributed by atoms with van der Waals surface area (Å²) in [6.07, 6.45) is 0.896. The van der Waals surface area contributed by atoms with Gasteiger partial charge in [-0.05, 0) is 43.2 Å². The number of aromatic amines is 1. The minimum absolute atomic E-state index is 0.700. The van der Waals surface area contributed by atoms with Crippen LogP contribution in [-0.2, 0) is 0 Å². The van der Waals surface area contributed by atoms with Crippen LogP contribution in [0.25, 0.3) is 21.8 Å². The van der Waals surface area contributed by atoms with Gasteiger partial charge >= 0.3 is 0 Å². The summed E-state index contributed by atoms with van der Waals surface area (Å²) < 4.78 is 10.9. The maximum absolute atomic E-state index is 11.3. The fourth-order valence-electron chi connectivity index (χ4n) is 2.94.